The predicted octanol–water partition coefficient (Wildman–Crippen LogP) is 2.49. The number of nitrogens with one attached hydrogen (secondary N) is 1. The van der Waals surface area contributed by atoms with E-state index in [1.165, 1.54) is 24.3 Å². The SMILES string of the molecule is N[C@@H](CCc1ccccc1)C(=O)Nc1ccc([N+](=O)[O-])cc1. The van der Waals surface area contributed by atoms with Gasteiger partial charge in [-0.2, -0.15) is 0 Å². The number of hydrogen-bond donors (Lipinski definition) is 2. The third-order valence-corrected chi connectivity index (χ3v) is 3.27. The molecule has 114 valence electrons. The van der Waals surface area contributed by atoms with Gasteiger partial charge in [0.25, 0.3) is 5.69 Å². The number of nitro benzene ring substituents is 1. The van der Waals surface area contributed by atoms with Crippen molar-refractivity contribution in [3.63, 3.8) is 0 Å². The molecule has 0 spiro atoms. The lowest BCUT2D eigenvalue weighted by atomic mass is 10.1. The monoisotopic (exact) mass is 299 g/mol. The summed E-state index contributed by atoms with van der Waals surface area (Å²) in [6.07, 6.45) is 1.25. The maximum atomic E-state index is 12.0. The van der Waals surface area contributed by atoms with Crippen LogP contribution >= 0.6 is 0 Å². The van der Waals surface area contributed by atoms with Gasteiger partial charge in [0.15, 0.2) is 0 Å². The summed E-state index contributed by atoms with van der Waals surface area (Å²) in [6, 6.07) is 14.8. The number of benzene rings is 2. The van der Waals surface area contributed by atoms with Crippen LogP contribution in [-0.4, -0.2) is 16.9 Å². The second-order valence-corrected chi connectivity index (χ2v) is 4.92. The topological polar surface area (TPSA) is 98.3 Å². The summed E-state index contributed by atoms with van der Waals surface area (Å²) in [7, 11) is 0. The molecule has 2 aromatic carbocycles. The van der Waals surface area contributed by atoms with Crippen LogP contribution < -0.4 is 11.1 Å². The maximum absolute atomic E-state index is 12.0. The van der Waals surface area contributed by atoms with Crippen LogP contribution in [0.1, 0.15) is 12.0 Å². The molecular formula is C16H17N3O3. The fraction of sp³-hybridized carbons (Fsp3) is 0.188. The van der Waals surface area contributed by atoms with Crippen molar-refractivity contribution in [2.45, 2.75) is 18.9 Å². The van der Waals surface area contributed by atoms with Crippen molar-refractivity contribution in [1.29, 1.82) is 0 Å². The van der Waals surface area contributed by atoms with Crippen molar-refractivity contribution in [3.8, 4) is 0 Å². The minimum Gasteiger partial charge on any atom is -0.325 e. The quantitative estimate of drug-likeness (QED) is 0.632. The van der Waals surface area contributed by atoms with Gasteiger partial charge in [-0.3, -0.25) is 14.9 Å². The number of non-ortho nitro benzene ring substituents is 1. The Hall–Kier alpha value is -2.73. The Morgan fingerprint density at radius 1 is 1.14 bits per heavy atom. The number of aryl methyl sites for hydroxylation is 1. The highest BCUT2D eigenvalue weighted by atomic mass is 16.6. The Morgan fingerprint density at radius 3 is 2.36 bits per heavy atom. The number of carbonyl (C=O) groups is 1. The van der Waals surface area contributed by atoms with Crippen molar-refractivity contribution in [2.75, 3.05) is 5.32 Å². The molecule has 2 aromatic rings. The molecule has 1 atom stereocenters. The highest BCUT2D eigenvalue weighted by Crippen LogP contribution is 2.15. The van der Waals surface area contributed by atoms with Crippen LogP contribution in [0.25, 0.3) is 0 Å². The first kappa shape index (κ1) is 15.7. The normalized spacial score (nSPS) is 11.7. The molecule has 6 heteroatoms. The lowest BCUT2D eigenvalue weighted by Crippen LogP contribution is -2.36. The first-order valence-corrected chi connectivity index (χ1v) is 6.91. The molecule has 0 saturated carbocycles. The van der Waals surface area contributed by atoms with Gasteiger partial charge in [-0.05, 0) is 30.5 Å². The molecule has 3 N–H and O–H groups in total. The van der Waals surface area contributed by atoms with Gasteiger partial charge in [-0.25, -0.2) is 0 Å². The molecule has 0 radical (unpaired) electrons. The smallest absolute Gasteiger partial charge is 0.269 e. The summed E-state index contributed by atoms with van der Waals surface area (Å²) in [5.41, 5.74) is 7.47. The van der Waals surface area contributed by atoms with Crippen LogP contribution in [0.15, 0.2) is 54.6 Å². The molecule has 0 aliphatic heterocycles. The molecule has 22 heavy (non-hydrogen) atoms. The number of amides is 1. The number of carbonyl (C=O) groups excluding carboxylic acids is 1. The Morgan fingerprint density at radius 2 is 1.77 bits per heavy atom. The van der Waals surface area contributed by atoms with Gasteiger partial charge in [-0.15, -0.1) is 0 Å². The molecule has 0 aliphatic carbocycles. The first-order chi connectivity index (χ1) is 10.6. The van der Waals surface area contributed by atoms with Crippen molar-refractivity contribution < 1.29 is 9.72 Å². The molecule has 1 amide bonds. The number of anilines is 1. The highest BCUT2D eigenvalue weighted by molar-refractivity contribution is 5.94. The molecule has 0 saturated heterocycles. The lowest BCUT2D eigenvalue weighted by molar-refractivity contribution is -0.384. The Bertz CT molecular complexity index is 641. The minimum atomic E-state index is -0.629. The van der Waals surface area contributed by atoms with E-state index in [4.69, 9.17) is 5.73 Å². The average Bonchev–Trinajstić information content (AvgIpc) is 2.54. The van der Waals surface area contributed by atoms with E-state index in [-0.39, 0.29) is 11.6 Å². The maximum Gasteiger partial charge on any atom is 0.269 e. The van der Waals surface area contributed by atoms with E-state index in [1.54, 1.807) is 0 Å². The molecular weight excluding hydrogens is 282 g/mol. The highest BCUT2D eigenvalue weighted by Gasteiger charge is 2.14. The molecule has 0 heterocycles. The van der Waals surface area contributed by atoms with E-state index in [1.807, 2.05) is 30.3 Å². The minimum absolute atomic E-state index is 0.0219. The fourth-order valence-corrected chi connectivity index (χ4v) is 2.00. The van der Waals surface area contributed by atoms with Crippen LogP contribution in [0.3, 0.4) is 0 Å². The standard InChI is InChI=1S/C16H17N3O3/c17-15(11-6-12-4-2-1-3-5-12)16(20)18-13-7-9-14(10-8-13)19(21)22/h1-5,7-10,15H,6,11,17H2,(H,18,20)/t15-/m0/s1. The van der Waals surface area contributed by atoms with Crippen molar-refractivity contribution in [2.24, 2.45) is 5.73 Å². The van der Waals surface area contributed by atoms with E-state index >= 15 is 0 Å². The first-order valence-electron chi connectivity index (χ1n) is 6.91. The third kappa shape index (κ3) is 4.39. The zero-order valence-electron chi connectivity index (χ0n) is 11.9. The summed E-state index contributed by atoms with van der Waals surface area (Å²) < 4.78 is 0. The van der Waals surface area contributed by atoms with Gasteiger partial charge in [0.2, 0.25) is 5.91 Å². The van der Waals surface area contributed by atoms with Crippen molar-refractivity contribution in [3.05, 3.63) is 70.3 Å². The molecule has 2 rings (SSSR count). The van der Waals surface area contributed by atoms with E-state index in [9.17, 15) is 14.9 Å². The average molecular weight is 299 g/mol. The van der Waals surface area contributed by atoms with Crippen LogP contribution in [0.2, 0.25) is 0 Å². The molecule has 0 aliphatic rings. The van der Waals surface area contributed by atoms with E-state index in [2.05, 4.69) is 5.32 Å². The zero-order valence-corrected chi connectivity index (χ0v) is 11.9. The molecule has 0 fully saturated rings. The van der Waals surface area contributed by atoms with Crippen molar-refractivity contribution >= 4 is 17.3 Å². The van der Waals surface area contributed by atoms with Crippen molar-refractivity contribution in [1.82, 2.24) is 0 Å². The number of hydrogen-bond acceptors (Lipinski definition) is 4. The van der Waals surface area contributed by atoms with Gasteiger partial charge >= 0.3 is 0 Å². The van der Waals surface area contributed by atoms with Gasteiger partial charge in [0, 0.05) is 17.8 Å². The Kier molecular flexibility index (Phi) is 5.21. The van der Waals surface area contributed by atoms with Gasteiger partial charge in [0.05, 0.1) is 11.0 Å². The molecule has 0 bridgehead atoms. The second kappa shape index (κ2) is 7.33. The largest absolute Gasteiger partial charge is 0.325 e. The molecule has 0 unspecified atom stereocenters. The molecule has 6 nitrogen and oxygen atoms in total. The number of rotatable bonds is 6. The van der Waals surface area contributed by atoms with Crippen LogP contribution in [0.4, 0.5) is 11.4 Å². The molecule has 0 aromatic heterocycles. The van der Waals surface area contributed by atoms with Gasteiger partial charge in [0.1, 0.15) is 0 Å². The number of nitrogens with two attached hydrogens (primary N) is 1. The number of nitro groups is 1. The van der Waals surface area contributed by atoms with Crippen LogP contribution in [-0.2, 0) is 11.2 Å². The summed E-state index contributed by atoms with van der Waals surface area (Å²) in [5, 5.41) is 13.2. The summed E-state index contributed by atoms with van der Waals surface area (Å²) in [4.78, 5) is 22.1. The third-order valence-electron chi connectivity index (χ3n) is 3.27. The second-order valence-electron chi connectivity index (χ2n) is 4.92. The summed E-state index contributed by atoms with van der Waals surface area (Å²) in [6.45, 7) is 0. The van der Waals surface area contributed by atoms with Gasteiger partial charge < -0.3 is 11.1 Å². The van der Waals surface area contributed by atoms with E-state index < -0.39 is 11.0 Å². The Labute approximate surface area is 128 Å². The van der Waals surface area contributed by atoms with Gasteiger partial charge in [-0.1, -0.05) is 30.3 Å². The number of nitrogens with zero attached hydrogens (tertiary/aromatic N) is 1. The van der Waals surface area contributed by atoms with E-state index in [0.29, 0.717) is 12.1 Å². The summed E-state index contributed by atoms with van der Waals surface area (Å²) >= 11 is 0. The van der Waals surface area contributed by atoms with E-state index in [0.717, 1.165) is 12.0 Å². The summed E-state index contributed by atoms with van der Waals surface area (Å²) in [5.74, 6) is -0.301. The zero-order chi connectivity index (χ0) is 15.9. The van der Waals surface area contributed by atoms with Crippen LogP contribution in [0.5, 0.6) is 0 Å². The lowest BCUT2D eigenvalue weighted by Gasteiger charge is -2.12. The fourth-order valence-electron chi connectivity index (χ4n) is 2.00. The predicted molar refractivity (Wildman–Crippen MR) is 84.5 cm³/mol. The van der Waals surface area contributed by atoms with Crippen LogP contribution in [0, 0.1) is 10.1 Å². The Balaban J connectivity index is 1.87.